The van der Waals surface area contributed by atoms with Gasteiger partial charge in [-0.1, -0.05) is 0 Å². The highest BCUT2D eigenvalue weighted by Gasteiger charge is 2.39. The SMILES string of the molecule is CN(C)C(=O)COC[C@@H]1CC[C@H]2[C@H](CCN2Cc2cnn(C)c2)O1. The van der Waals surface area contributed by atoms with E-state index >= 15 is 0 Å². The molecule has 1 amide bonds. The smallest absolute Gasteiger partial charge is 0.248 e. The van der Waals surface area contributed by atoms with Crippen molar-refractivity contribution in [2.24, 2.45) is 7.05 Å². The van der Waals surface area contributed by atoms with Crippen LogP contribution in [-0.2, 0) is 27.9 Å². The molecule has 24 heavy (non-hydrogen) atoms. The van der Waals surface area contributed by atoms with E-state index in [9.17, 15) is 4.79 Å². The maximum Gasteiger partial charge on any atom is 0.248 e. The lowest BCUT2D eigenvalue weighted by Crippen LogP contribution is -2.43. The van der Waals surface area contributed by atoms with Gasteiger partial charge in [0, 0.05) is 52.0 Å². The van der Waals surface area contributed by atoms with E-state index in [1.54, 1.807) is 19.0 Å². The van der Waals surface area contributed by atoms with Gasteiger partial charge in [-0.25, -0.2) is 0 Å². The first-order valence-electron chi connectivity index (χ1n) is 8.68. The molecule has 1 aromatic heterocycles. The van der Waals surface area contributed by atoms with Crippen molar-refractivity contribution in [3.8, 4) is 0 Å². The van der Waals surface area contributed by atoms with Gasteiger partial charge in [0.15, 0.2) is 0 Å². The Bertz CT molecular complexity index is 560. The Hall–Kier alpha value is -1.44. The van der Waals surface area contributed by atoms with Crippen LogP contribution in [0.4, 0.5) is 0 Å². The second-order valence-electron chi connectivity index (χ2n) is 7.03. The molecule has 3 rings (SSSR count). The van der Waals surface area contributed by atoms with Gasteiger partial charge in [0.1, 0.15) is 6.61 Å². The number of aromatic nitrogens is 2. The Morgan fingerprint density at radius 3 is 2.96 bits per heavy atom. The molecule has 0 aliphatic carbocycles. The first kappa shape index (κ1) is 17.4. The first-order valence-corrected chi connectivity index (χ1v) is 8.68. The maximum absolute atomic E-state index is 11.5. The summed E-state index contributed by atoms with van der Waals surface area (Å²) in [4.78, 5) is 15.6. The number of ether oxygens (including phenoxy) is 2. The summed E-state index contributed by atoms with van der Waals surface area (Å²) < 4.78 is 13.6. The van der Waals surface area contributed by atoms with Crippen LogP contribution in [0.25, 0.3) is 0 Å². The molecule has 2 fully saturated rings. The fourth-order valence-corrected chi connectivity index (χ4v) is 3.60. The Labute approximate surface area is 143 Å². The van der Waals surface area contributed by atoms with E-state index < -0.39 is 0 Å². The highest BCUT2D eigenvalue weighted by molar-refractivity contribution is 5.76. The maximum atomic E-state index is 11.5. The molecule has 0 bridgehead atoms. The van der Waals surface area contributed by atoms with Gasteiger partial charge in [-0.3, -0.25) is 14.4 Å². The molecule has 0 spiro atoms. The molecule has 7 nitrogen and oxygen atoms in total. The topological polar surface area (TPSA) is 59.8 Å². The second kappa shape index (κ2) is 7.63. The van der Waals surface area contributed by atoms with E-state index in [2.05, 4.69) is 16.2 Å². The molecule has 0 unspecified atom stereocenters. The van der Waals surface area contributed by atoms with E-state index in [4.69, 9.17) is 9.47 Å². The highest BCUT2D eigenvalue weighted by Crippen LogP contribution is 2.32. The number of fused-ring (bicyclic) bond motifs is 1. The van der Waals surface area contributed by atoms with Crippen molar-refractivity contribution < 1.29 is 14.3 Å². The predicted molar refractivity (Wildman–Crippen MR) is 89.4 cm³/mol. The summed E-state index contributed by atoms with van der Waals surface area (Å²) in [5, 5.41) is 4.25. The lowest BCUT2D eigenvalue weighted by atomic mass is 9.99. The molecule has 1 aromatic rings. The van der Waals surface area contributed by atoms with Gasteiger partial charge < -0.3 is 14.4 Å². The molecule has 2 saturated heterocycles. The number of likely N-dealkylation sites (N-methyl/N-ethyl adjacent to an activating group) is 1. The van der Waals surface area contributed by atoms with Crippen molar-refractivity contribution in [2.45, 2.75) is 44.1 Å². The quantitative estimate of drug-likeness (QED) is 0.763. The molecule has 134 valence electrons. The average molecular weight is 336 g/mol. The van der Waals surface area contributed by atoms with Gasteiger partial charge in [0.25, 0.3) is 0 Å². The van der Waals surface area contributed by atoms with E-state index in [0.29, 0.717) is 12.6 Å². The Kier molecular flexibility index (Phi) is 5.53. The number of likely N-dealkylation sites (tertiary alicyclic amines) is 1. The minimum atomic E-state index is -0.00722. The van der Waals surface area contributed by atoms with Gasteiger partial charge in [0.05, 0.1) is 25.0 Å². The molecule has 2 aliphatic heterocycles. The molecule has 3 heterocycles. The molecule has 0 aromatic carbocycles. The van der Waals surface area contributed by atoms with Crippen molar-refractivity contribution in [3.63, 3.8) is 0 Å². The highest BCUT2D eigenvalue weighted by atomic mass is 16.5. The molecular formula is C17H28N4O3. The van der Waals surface area contributed by atoms with Gasteiger partial charge in [0.2, 0.25) is 5.91 Å². The van der Waals surface area contributed by atoms with Crippen LogP contribution in [0.3, 0.4) is 0 Å². The number of amides is 1. The summed E-state index contributed by atoms with van der Waals surface area (Å²) in [5.41, 5.74) is 1.26. The third kappa shape index (κ3) is 4.15. The number of carbonyl (C=O) groups excluding carboxylic acids is 1. The van der Waals surface area contributed by atoms with Gasteiger partial charge in [-0.15, -0.1) is 0 Å². The van der Waals surface area contributed by atoms with Crippen LogP contribution in [0.5, 0.6) is 0 Å². The molecule has 0 radical (unpaired) electrons. The Balaban J connectivity index is 1.44. The van der Waals surface area contributed by atoms with Crippen LogP contribution in [-0.4, -0.2) is 77.6 Å². The Morgan fingerprint density at radius 1 is 1.42 bits per heavy atom. The third-order valence-corrected chi connectivity index (χ3v) is 4.92. The minimum Gasteiger partial charge on any atom is -0.371 e. The van der Waals surface area contributed by atoms with Gasteiger partial charge >= 0.3 is 0 Å². The molecule has 3 atom stereocenters. The predicted octanol–water partition coefficient (Wildman–Crippen LogP) is 0.647. The lowest BCUT2D eigenvalue weighted by molar-refractivity contribution is -0.138. The summed E-state index contributed by atoms with van der Waals surface area (Å²) in [6, 6.07) is 0.491. The number of carbonyl (C=O) groups is 1. The summed E-state index contributed by atoms with van der Waals surface area (Å²) in [6.45, 7) is 2.65. The second-order valence-corrected chi connectivity index (χ2v) is 7.03. The van der Waals surface area contributed by atoms with E-state index in [-0.39, 0.29) is 24.7 Å². The van der Waals surface area contributed by atoms with Crippen molar-refractivity contribution in [3.05, 3.63) is 18.0 Å². The van der Waals surface area contributed by atoms with Crippen molar-refractivity contribution in [2.75, 3.05) is 33.9 Å². The van der Waals surface area contributed by atoms with Crippen LogP contribution in [0, 0.1) is 0 Å². The lowest BCUT2D eigenvalue weighted by Gasteiger charge is -2.35. The van der Waals surface area contributed by atoms with E-state index in [0.717, 1.165) is 32.4 Å². The summed E-state index contributed by atoms with van der Waals surface area (Å²) in [6.07, 6.45) is 7.60. The van der Waals surface area contributed by atoms with E-state index in [1.165, 1.54) is 5.56 Å². The molecule has 2 aliphatic rings. The van der Waals surface area contributed by atoms with E-state index in [1.807, 2.05) is 17.9 Å². The van der Waals surface area contributed by atoms with Crippen LogP contribution in [0.15, 0.2) is 12.4 Å². The summed E-state index contributed by atoms with van der Waals surface area (Å²) in [5.74, 6) is -0.00722. The van der Waals surface area contributed by atoms with Crippen LogP contribution in [0.2, 0.25) is 0 Å². The zero-order chi connectivity index (χ0) is 17.1. The standard InChI is InChI=1S/C17H28N4O3/c1-19(2)17(22)12-23-11-14-4-5-15-16(24-14)6-7-21(15)10-13-8-18-20(3)9-13/h8-9,14-16H,4-7,10-12H2,1-3H3/t14-,15-,16-/m0/s1. The number of aryl methyl sites for hydroxylation is 1. The van der Waals surface area contributed by atoms with Gasteiger partial charge in [-0.05, 0) is 19.3 Å². The van der Waals surface area contributed by atoms with Gasteiger partial charge in [-0.2, -0.15) is 5.10 Å². The molecule has 0 N–H and O–H groups in total. The van der Waals surface area contributed by atoms with Crippen LogP contribution in [0.1, 0.15) is 24.8 Å². The van der Waals surface area contributed by atoms with Crippen molar-refractivity contribution >= 4 is 5.91 Å². The largest absolute Gasteiger partial charge is 0.371 e. The summed E-state index contributed by atoms with van der Waals surface area (Å²) in [7, 11) is 5.43. The number of rotatable bonds is 6. The number of hydrogen-bond donors (Lipinski definition) is 0. The first-order chi connectivity index (χ1) is 11.5. The fourth-order valence-electron chi connectivity index (χ4n) is 3.60. The molecule has 0 saturated carbocycles. The van der Waals surface area contributed by atoms with Crippen molar-refractivity contribution in [1.82, 2.24) is 19.6 Å². The summed E-state index contributed by atoms with van der Waals surface area (Å²) >= 11 is 0. The van der Waals surface area contributed by atoms with Crippen molar-refractivity contribution in [1.29, 1.82) is 0 Å². The van der Waals surface area contributed by atoms with Crippen LogP contribution >= 0.6 is 0 Å². The van der Waals surface area contributed by atoms with Crippen LogP contribution < -0.4 is 0 Å². The average Bonchev–Trinajstić information content (AvgIpc) is 3.14. The third-order valence-electron chi connectivity index (χ3n) is 4.92. The zero-order valence-electron chi connectivity index (χ0n) is 14.9. The monoisotopic (exact) mass is 336 g/mol. The number of hydrogen-bond acceptors (Lipinski definition) is 5. The molecular weight excluding hydrogens is 308 g/mol. The fraction of sp³-hybridized carbons (Fsp3) is 0.765. The Morgan fingerprint density at radius 2 is 2.25 bits per heavy atom. The normalized spacial score (nSPS) is 27.2. The zero-order valence-corrected chi connectivity index (χ0v) is 14.9. The molecule has 7 heteroatoms. The number of nitrogens with zero attached hydrogens (tertiary/aromatic N) is 4. The minimum absolute atomic E-state index is 0.00722.